The van der Waals surface area contributed by atoms with E-state index in [4.69, 9.17) is 0 Å². The van der Waals surface area contributed by atoms with E-state index in [1.807, 2.05) is 0 Å². The van der Waals surface area contributed by atoms with Gasteiger partial charge in [0.2, 0.25) is 0 Å². The first-order valence-corrected chi connectivity index (χ1v) is 5.29. The van der Waals surface area contributed by atoms with Crippen molar-refractivity contribution in [2.45, 2.75) is 52.9 Å². The molecular formula is C11H22. The Bertz CT molecular complexity index is 107. The predicted octanol–water partition coefficient (Wildman–Crippen LogP) is 3.86. The van der Waals surface area contributed by atoms with E-state index >= 15 is 0 Å². The van der Waals surface area contributed by atoms with E-state index in [0.29, 0.717) is 0 Å². The van der Waals surface area contributed by atoms with Gasteiger partial charge in [-0.25, -0.2) is 0 Å². The lowest BCUT2D eigenvalue weighted by Gasteiger charge is -2.20. The van der Waals surface area contributed by atoms with Gasteiger partial charge < -0.3 is 0 Å². The molecule has 0 bridgehead atoms. The van der Waals surface area contributed by atoms with E-state index in [1.54, 1.807) is 0 Å². The molecule has 1 fully saturated rings. The molecule has 0 spiro atoms. The molecule has 0 aliphatic heterocycles. The van der Waals surface area contributed by atoms with Gasteiger partial charge in [-0.1, -0.05) is 46.5 Å². The third-order valence-electron chi connectivity index (χ3n) is 3.48. The maximum atomic E-state index is 2.44. The monoisotopic (exact) mass is 154 g/mol. The Morgan fingerprint density at radius 2 is 1.91 bits per heavy atom. The highest BCUT2D eigenvalue weighted by Gasteiger charge is 2.30. The van der Waals surface area contributed by atoms with Gasteiger partial charge in [-0.2, -0.15) is 0 Å². The van der Waals surface area contributed by atoms with Crippen molar-refractivity contribution in [2.75, 3.05) is 0 Å². The molecule has 0 N–H and O–H groups in total. The molecule has 0 radical (unpaired) electrons. The largest absolute Gasteiger partial charge is 0.0654 e. The third-order valence-corrected chi connectivity index (χ3v) is 3.48. The number of hydrogen-bond donors (Lipinski definition) is 0. The van der Waals surface area contributed by atoms with Crippen LogP contribution in [-0.4, -0.2) is 0 Å². The summed E-state index contributed by atoms with van der Waals surface area (Å²) in [6.45, 7) is 7.11. The third kappa shape index (κ3) is 1.98. The first-order valence-electron chi connectivity index (χ1n) is 5.29. The normalized spacial score (nSPS) is 37.9. The number of hydrogen-bond acceptors (Lipinski definition) is 0. The zero-order valence-electron chi connectivity index (χ0n) is 8.27. The minimum Gasteiger partial charge on any atom is -0.0654 e. The molecule has 1 rings (SSSR count). The minimum atomic E-state index is 1.01. The molecule has 0 amide bonds. The number of rotatable bonds is 3. The van der Waals surface area contributed by atoms with Crippen LogP contribution in [0.2, 0.25) is 0 Å². The lowest BCUT2D eigenvalue weighted by atomic mass is 9.85. The zero-order valence-corrected chi connectivity index (χ0v) is 8.27. The van der Waals surface area contributed by atoms with Crippen LogP contribution in [0.25, 0.3) is 0 Å². The topological polar surface area (TPSA) is 0 Å². The van der Waals surface area contributed by atoms with Gasteiger partial charge >= 0.3 is 0 Å². The summed E-state index contributed by atoms with van der Waals surface area (Å²) < 4.78 is 0. The van der Waals surface area contributed by atoms with Crippen molar-refractivity contribution in [1.29, 1.82) is 0 Å². The fraction of sp³-hybridized carbons (Fsp3) is 1.00. The van der Waals surface area contributed by atoms with E-state index < -0.39 is 0 Å². The summed E-state index contributed by atoms with van der Waals surface area (Å²) in [5.74, 6) is 3.13. The maximum Gasteiger partial charge on any atom is -0.0360 e. The summed E-state index contributed by atoms with van der Waals surface area (Å²) >= 11 is 0. The molecule has 11 heavy (non-hydrogen) atoms. The van der Waals surface area contributed by atoms with Crippen molar-refractivity contribution < 1.29 is 0 Å². The van der Waals surface area contributed by atoms with Crippen LogP contribution in [0.5, 0.6) is 0 Å². The second kappa shape index (κ2) is 4.13. The molecule has 3 unspecified atom stereocenters. The van der Waals surface area contributed by atoms with Crippen LogP contribution >= 0.6 is 0 Å². The molecule has 1 aliphatic carbocycles. The second-order valence-electron chi connectivity index (χ2n) is 4.18. The van der Waals surface area contributed by atoms with Gasteiger partial charge in [0.1, 0.15) is 0 Å². The van der Waals surface area contributed by atoms with Crippen LogP contribution < -0.4 is 0 Å². The molecule has 0 nitrogen and oxygen atoms in total. The van der Waals surface area contributed by atoms with Gasteiger partial charge in [-0.15, -0.1) is 0 Å². The lowest BCUT2D eigenvalue weighted by Crippen LogP contribution is -2.11. The van der Waals surface area contributed by atoms with Gasteiger partial charge in [-0.3, -0.25) is 0 Å². The quantitative estimate of drug-likeness (QED) is 0.579. The Labute approximate surface area is 71.4 Å². The average Bonchev–Trinajstić information content (AvgIpc) is 2.34. The molecule has 3 atom stereocenters. The van der Waals surface area contributed by atoms with Crippen molar-refractivity contribution in [3.8, 4) is 0 Å². The van der Waals surface area contributed by atoms with Crippen molar-refractivity contribution in [3.63, 3.8) is 0 Å². The second-order valence-corrected chi connectivity index (χ2v) is 4.18. The zero-order chi connectivity index (χ0) is 8.27. The summed E-state index contributed by atoms with van der Waals surface area (Å²) in [6.07, 6.45) is 7.26. The predicted molar refractivity (Wildman–Crippen MR) is 50.6 cm³/mol. The van der Waals surface area contributed by atoms with Crippen LogP contribution in [0.1, 0.15) is 52.9 Å². The minimum absolute atomic E-state index is 1.01. The Morgan fingerprint density at radius 3 is 2.45 bits per heavy atom. The van der Waals surface area contributed by atoms with E-state index in [-0.39, 0.29) is 0 Å². The maximum absolute atomic E-state index is 2.44. The molecule has 0 aromatic rings. The van der Waals surface area contributed by atoms with Gasteiger partial charge in [0, 0.05) is 0 Å². The Kier molecular flexibility index (Phi) is 3.42. The van der Waals surface area contributed by atoms with E-state index in [2.05, 4.69) is 20.8 Å². The van der Waals surface area contributed by atoms with E-state index in [1.165, 1.54) is 32.1 Å². The molecule has 0 heterocycles. The van der Waals surface area contributed by atoms with E-state index in [9.17, 15) is 0 Å². The van der Waals surface area contributed by atoms with Crippen LogP contribution in [0, 0.1) is 17.8 Å². The molecule has 0 heteroatoms. The van der Waals surface area contributed by atoms with Gasteiger partial charge in [0.15, 0.2) is 0 Å². The smallest absolute Gasteiger partial charge is 0.0360 e. The Morgan fingerprint density at radius 1 is 1.18 bits per heavy atom. The highest BCUT2D eigenvalue weighted by atomic mass is 14.4. The first kappa shape index (κ1) is 9.09. The van der Waals surface area contributed by atoms with Crippen LogP contribution in [-0.2, 0) is 0 Å². The van der Waals surface area contributed by atoms with Crippen molar-refractivity contribution >= 4 is 0 Å². The molecule has 0 aromatic heterocycles. The average molecular weight is 154 g/mol. The van der Waals surface area contributed by atoms with Gasteiger partial charge in [0.25, 0.3) is 0 Å². The van der Waals surface area contributed by atoms with E-state index in [0.717, 1.165) is 17.8 Å². The molecule has 1 saturated carbocycles. The fourth-order valence-corrected chi connectivity index (χ4v) is 2.73. The Hall–Kier alpha value is 0. The molecular weight excluding hydrogens is 132 g/mol. The van der Waals surface area contributed by atoms with Crippen LogP contribution in [0.4, 0.5) is 0 Å². The molecule has 0 aromatic carbocycles. The summed E-state index contributed by atoms with van der Waals surface area (Å²) in [6, 6.07) is 0. The summed E-state index contributed by atoms with van der Waals surface area (Å²) in [4.78, 5) is 0. The van der Waals surface area contributed by atoms with Gasteiger partial charge in [-0.05, 0) is 24.2 Å². The Balaban J connectivity index is 2.42. The highest BCUT2D eigenvalue weighted by Crippen LogP contribution is 2.41. The molecule has 1 aliphatic rings. The summed E-state index contributed by atoms with van der Waals surface area (Å²) in [7, 11) is 0. The highest BCUT2D eigenvalue weighted by molar-refractivity contribution is 4.81. The molecule has 0 saturated heterocycles. The summed E-state index contributed by atoms with van der Waals surface area (Å²) in [5.41, 5.74) is 0. The van der Waals surface area contributed by atoms with Gasteiger partial charge in [0.05, 0.1) is 0 Å². The standard InChI is InChI=1S/C11H22/c1-4-6-11-9(3)7-8-10(11)5-2/h9-11H,4-8H2,1-3H3. The molecule has 66 valence electrons. The summed E-state index contributed by atoms with van der Waals surface area (Å²) in [5, 5.41) is 0. The SMILES string of the molecule is CCCC1C(C)CCC1CC. The van der Waals surface area contributed by atoms with Crippen molar-refractivity contribution in [1.82, 2.24) is 0 Å². The first-order chi connectivity index (χ1) is 5.29. The fourth-order valence-electron chi connectivity index (χ4n) is 2.73. The van der Waals surface area contributed by atoms with Crippen LogP contribution in [0.15, 0.2) is 0 Å². The lowest BCUT2D eigenvalue weighted by molar-refractivity contribution is 0.297. The van der Waals surface area contributed by atoms with Crippen LogP contribution in [0.3, 0.4) is 0 Å². The van der Waals surface area contributed by atoms with Crippen molar-refractivity contribution in [3.05, 3.63) is 0 Å². The van der Waals surface area contributed by atoms with Crippen molar-refractivity contribution in [2.24, 2.45) is 17.8 Å².